The first-order chi connectivity index (χ1) is 21.5. The van der Waals surface area contributed by atoms with Crippen molar-refractivity contribution < 1.29 is 48.9 Å². The van der Waals surface area contributed by atoms with Crippen molar-refractivity contribution in [3.63, 3.8) is 0 Å². The van der Waals surface area contributed by atoms with Crippen LogP contribution in [0.4, 0.5) is 0 Å². The zero-order valence-corrected chi connectivity index (χ0v) is 27.2. The normalized spacial score (nSPS) is 21.9. The first kappa shape index (κ1) is 38.4. The second kappa shape index (κ2) is 17.2. The van der Waals surface area contributed by atoms with Crippen LogP contribution in [-0.4, -0.2) is 122 Å². The van der Waals surface area contributed by atoms with E-state index in [1.807, 2.05) is 20.8 Å². The fraction of sp³-hybridized carbons (Fsp3) is 0.767. The number of nitrogens with two attached hydrogens (primary N) is 1. The maximum Gasteiger partial charge on any atom is 0.326 e. The summed E-state index contributed by atoms with van der Waals surface area (Å²) in [7, 11) is 0. The van der Waals surface area contributed by atoms with Gasteiger partial charge in [-0.3, -0.25) is 28.8 Å². The van der Waals surface area contributed by atoms with Crippen LogP contribution in [0.15, 0.2) is 0 Å². The van der Waals surface area contributed by atoms with Crippen LogP contribution in [0.25, 0.3) is 0 Å². The van der Waals surface area contributed by atoms with Crippen LogP contribution < -0.4 is 21.7 Å². The fourth-order valence-electron chi connectivity index (χ4n) is 5.80. The zero-order valence-electron chi connectivity index (χ0n) is 27.2. The molecule has 8 N–H and O–H groups in total. The summed E-state index contributed by atoms with van der Waals surface area (Å²) in [6.07, 6.45) is 0.157. The number of hydrogen-bond acceptors (Lipinski definition) is 9. The van der Waals surface area contributed by atoms with Gasteiger partial charge >= 0.3 is 11.9 Å². The van der Waals surface area contributed by atoms with E-state index in [1.54, 1.807) is 6.92 Å². The van der Waals surface area contributed by atoms with Crippen molar-refractivity contribution in [2.45, 2.75) is 122 Å². The van der Waals surface area contributed by atoms with Gasteiger partial charge in [-0.15, -0.1) is 0 Å². The van der Waals surface area contributed by atoms with Gasteiger partial charge in [0.15, 0.2) is 0 Å². The lowest BCUT2D eigenvalue weighted by molar-refractivity contribution is -0.149. The monoisotopic (exact) mass is 654 g/mol. The van der Waals surface area contributed by atoms with Crippen LogP contribution in [0, 0.1) is 11.8 Å². The first-order valence-corrected chi connectivity index (χ1v) is 15.9. The molecule has 8 atom stereocenters. The highest BCUT2D eigenvalue weighted by Gasteiger charge is 2.42. The third-order valence-electron chi connectivity index (χ3n) is 8.55. The molecule has 2 saturated heterocycles. The Morgan fingerprint density at radius 1 is 0.804 bits per heavy atom. The largest absolute Gasteiger partial charge is 0.481 e. The van der Waals surface area contributed by atoms with Crippen LogP contribution in [0.1, 0.15) is 79.6 Å². The summed E-state index contributed by atoms with van der Waals surface area (Å²) in [5.74, 6) is -6.31. The van der Waals surface area contributed by atoms with E-state index in [1.165, 1.54) is 16.7 Å². The predicted molar refractivity (Wildman–Crippen MR) is 164 cm³/mol. The molecule has 0 spiro atoms. The van der Waals surface area contributed by atoms with Crippen molar-refractivity contribution in [1.82, 2.24) is 25.8 Å². The van der Waals surface area contributed by atoms with Gasteiger partial charge in [-0.05, 0) is 50.9 Å². The molecular weight excluding hydrogens is 604 g/mol. The molecule has 16 nitrogen and oxygen atoms in total. The smallest absolute Gasteiger partial charge is 0.326 e. The summed E-state index contributed by atoms with van der Waals surface area (Å²) in [5.41, 5.74) is 5.60. The number of carbonyl (C=O) groups excluding carboxylic acids is 5. The first-order valence-electron chi connectivity index (χ1n) is 15.9. The van der Waals surface area contributed by atoms with Crippen LogP contribution in [0.2, 0.25) is 0 Å². The highest BCUT2D eigenvalue weighted by Crippen LogP contribution is 2.22. The zero-order chi connectivity index (χ0) is 34.9. The van der Waals surface area contributed by atoms with Crippen molar-refractivity contribution in [1.29, 1.82) is 0 Å². The van der Waals surface area contributed by atoms with Crippen LogP contribution in [0.3, 0.4) is 0 Å². The summed E-state index contributed by atoms with van der Waals surface area (Å²) >= 11 is 0. The Balaban J connectivity index is 2.23. The number of carbonyl (C=O) groups is 7. The maximum atomic E-state index is 13.7. The minimum atomic E-state index is -1.50. The van der Waals surface area contributed by atoms with Crippen molar-refractivity contribution in [2.24, 2.45) is 17.6 Å². The Morgan fingerprint density at radius 3 is 1.87 bits per heavy atom. The van der Waals surface area contributed by atoms with E-state index in [0.29, 0.717) is 25.7 Å². The van der Waals surface area contributed by atoms with Gasteiger partial charge in [-0.1, -0.05) is 34.1 Å². The Bertz CT molecular complexity index is 1150. The van der Waals surface area contributed by atoms with Gasteiger partial charge in [0.2, 0.25) is 29.5 Å². The summed E-state index contributed by atoms with van der Waals surface area (Å²) in [5, 5.41) is 36.6. The minimum Gasteiger partial charge on any atom is -0.481 e. The topological polar surface area (TPSA) is 249 Å². The van der Waals surface area contributed by atoms with E-state index >= 15 is 0 Å². The second-order valence-electron chi connectivity index (χ2n) is 12.7. The molecule has 0 aromatic carbocycles. The lowest BCUT2D eigenvalue weighted by atomic mass is 9.96. The number of aliphatic carboxylic acids is 2. The standard InChI is InChI=1S/C30H50N6O10/c1-6-16(4)23(27(42)32-19(13-15(2)3)28(43)36-12-8-10-21(36)30(45)46)33-26(41)20-9-7-11-35(20)29(44)24(17(5)37)34-25(40)18(31)14-22(38)39/h15-21,23-24,37H,6-14,31H2,1-5H3,(H,32,42)(H,33,41)(H,34,40)(H,38,39)(H,45,46). The van der Waals surface area contributed by atoms with Gasteiger partial charge in [0.05, 0.1) is 18.6 Å². The molecule has 0 bridgehead atoms. The van der Waals surface area contributed by atoms with Crippen molar-refractivity contribution >= 4 is 41.5 Å². The molecule has 2 aliphatic heterocycles. The Hall–Kier alpha value is -3.79. The van der Waals surface area contributed by atoms with E-state index in [2.05, 4.69) is 16.0 Å². The number of carboxylic acids is 2. The molecule has 2 rings (SSSR count). The molecule has 0 aliphatic carbocycles. The third-order valence-corrected chi connectivity index (χ3v) is 8.55. The molecule has 0 radical (unpaired) electrons. The Labute approximate surface area is 268 Å². The maximum absolute atomic E-state index is 13.7. The summed E-state index contributed by atoms with van der Waals surface area (Å²) in [4.78, 5) is 91.8. The quantitative estimate of drug-likeness (QED) is 0.104. The van der Waals surface area contributed by atoms with E-state index in [4.69, 9.17) is 10.8 Å². The molecule has 5 amide bonds. The average molecular weight is 655 g/mol. The van der Waals surface area contributed by atoms with Gasteiger partial charge in [-0.2, -0.15) is 0 Å². The summed E-state index contributed by atoms with van der Waals surface area (Å²) in [6.45, 7) is 8.96. The number of hydrogen-bond donors (Lipinski definition) is 7. The molecule has 2 aliphatic rings. The summed E-state index contributed by atoms with van der Waals surface area (Å²) in [6, 6.07) is -7.08. The number of nitrogens with zero attached hydrogens (tertiary/aromatic N) is 2. The number of rotatable bonds is 16. The van der Waals surface area contributed by atoms with E-state index < -0.39 is 90.3 Å². The number of amides is 5. The highest BCUT2D eigenvalue weighted by molar-refractivity contribution is 5.97. The number of aliphatic hydroxyl groups is 1. The SMILES string of the molecule is CCC(C)C(NC(=O)C1CCCN1C(=O)C(NC(=O)C(N)CC(=O)O)C(C)O)C(=O)NC(CC(C)C)C(=O)N1CCCC1C(=O)O. The fourth-order valence-corrected chi connectivity index (χ4v) is 5.80. The summed E-state index contributed by atoms with van der Waals surface area (Å²) < 4.78 is 0. The lowest BCUT2D eigenvalue weighted by Crippen LogP contribution is -2.61. The molecule has 0 aromatic rings. The molecule has 0 saturated carbocycles. The molecule has 2 heterocycles. The number of aliphatic hydroxyl groups excluding tert-OH is 1. The number of nitrogens with one attached hydrogen (secondary N) is 3. The van der Waals surface area contributed by atoms with Crippen molar-refractivity contribution in [2.75, 3.05) is 13.1 Å². The van der Waals surface area contributed by atoms with Gasteiger partial charge in [0.25, 0.3) is 0 Å². The van der Waals surface area contributed by atoms with Gasteiger partial charge in [0.1, 0.15) is 30.2 Å². The number of carboxylic acid groups (broad SMARTS) is 2. The van der Waals surface area contributed by atoms with E-state index in [0.717, 1.165) is 0 Å². The number of likely N-dealkylation sites (tertiary alicyclic amines) is 2. The molecule has 46 heavy (non-hydrogen) atoms. The predicted octanol–water partition coefficient (Wildman–Crippen LogP) is -1.22. The Kier molecular flexibility index (Phi) is 14.4. The van der Waals surface area contributed by atoms with Crippen LogP contribution in [-0.2, 0) is 33.6 Å². The molecule has 16 heteroatoms. The average Bonchev–Trinajstić information content (AvgIpc) is 3.67. The van der Waals surface area contributed by atoms with Gasteiger partial charge < -0.3 is 46.8 Å². The molecule has 8 unspecified atom stereocenters. The Morgan fingerprint density at radius 2 is 1.37 bits per heavy atom. The lowest BCUT2D eigenvalue weighted by Gasteiger charge is -2.33. The van der Waals surface area contributed by atoms with Crippen LogP contribution in [0.5, 0.6) is 0 Å². The molecule has 260 valence electrons. The van der Waals surface area contributed by atoms with Crippen LogP contribution >= 0.6 is 0 Å². The van der Waals surface area contributed by atoms with Gasteiger partial charge in [-0.25, -0.2) is 4.79 Å². The van der Waals surface area contributed by atoms with E-state index in [-0.39, 0.29) is 37.8 Å². The minimum absolute atomic E-state index is 0.0177. The highest BCUT2D eigenvalue weighted by atomic mass is 16.4. The molecular formula is C30H50N6O10. The van der Waals surface area contributed by atoms with Gasteiger partial charge in [0, 0.05) is 13.1 Å². The van der Waals surface area contributed by atoms with Crippen molar-refractivity contribution in [3.05, 3.63) is 0 Å². The molecule has 2 fully saturated rings. The second-order valence-corrected chi connectivity index (χ2v) is 12.7. The van der Waals surface area contributed by atoms with Crippen molar-refractivity contribution in [3.8, 4) is 0 Å². The van der Waals surface area contributed by atoms with E-state index in [9.17, 15) is 43.8 Å². The molecule has 0 aromatic heterocycles. The third kappa shape index (κ3) is 10.1.